The van der Waals surface area contributed by atoms with E-state index in [1.807, 2.05) is 12.1 Å². The minimum Gasteiger partial charge on any atom is -0.394 e. The largest absolute Gasteiger partial charge is 0.394 e. The second kappa shape index (κ2) is 6.25. The van der Waals surface area contributed by atoms with Crippen molar-refractivity contribution in [3.8, 4) is 11.3 Å². The zero-order chi connectivity index (χ0) is 12.8. The number of nitrogens with one attached hydrogen (secondary N) is 2. The lowest BCUT2D eigenvalue weighted by atomic mass is 10.1. The number of rotatable bonds is 6. The highest BCUT2D eigenvalue weighted by atomic mass is 16.3. The molecule has 2 rings (SSSR count). The van der Waals surface area contributed by atoms with Crippen LogP contribution in [0.15, 0.2) is 30.7 Å². The Hall–Kier alpha value is -1.76. The number of hydrogen-bond acceptors (Lipinski definition) is 5. The van der Waals surface area contributed by atoms with E-state index in [0.717, 1.165) is 16.8 Å². The summed E-state index contributed by atoms with van der Waals surface area (Å²) in [5.74, 6) is 0. The maximum atomic E-state index is 9.23. The van der Waals surface area contributed by atoms with Crippen LogP contribution < -0.4 is 5.32 Å². The van der Waals surface area contributed by atoms with Crippen LogP contribution in [0.3, 0.4) is 0 Å². The minimum atomic E-state index is -0.737. The average molecular weight is 248 g/mol. The molecule has 0 aliphatic carbocycles. The van der Waals surface area contributed by atoms with Crippen molar-refractivity contribution in [2.45, 2.75) is 12.6 Å². The van der Waals surface area contributed by atoms with Gasteiger partial charge in [0.1, 0.15) is 0 Å². The van der Waals surface area contributed by atoms with Gasteiger partial charge in [-0.2, -0.15) is 5.10 Å². The first-order chi connectivity index (χ1) is 8.81. The number of hydrogen-bond donors (Lipinski definition) is 4. The topological polar surface area (TPSA) is 94.1 Å². The number of nitrogens with zero attached hydrogens (tertiary/aromatic N) is 2. The summed E-state index contributed by atoms with van der Waals surface area (Å²) in [6, 6.07) is 3.81. The van der Waals surface area contributed by atoms with Crippen LogP contribution in [0, 0.1) is 0 Å². The molecule has 1 atom stereocenters. The van der Waals surface area contributed by atoms with Crippen LogP contribution in [0.4, 0.5) is 0 Å². The van der Waals surface area contributed by atoms with Crippen LogP contribution in [0.1, 0.15) is 5.56 Å². The molecule has 0 aliphatic rings. The molecule has 6 heteroatoms. The number of H-pyrrole nitrogens is 1. The van der Waals surface area contributed by atoms with E-state index >= 15 is 0 Å². The maximum Gasteiger partial charge on any atom is 0.0895 e. The van der Waals surface area contributed by atoms with Crippen molar-refractivity contribution in [1.29, 1.82) is 0 Å². The van der Waals surface area contributed by atoms with Crippen LogP contribution in [0.5, 0.6) is 0 Å². The van der Waals surface area contributed by atoms with E-state index in [0.29, 0.717) is 13.1 Å². The fourth-order valence-corrected chi connectivity index (χ4v) is 1.64. The summed E-state index contributed by atoms with van der Waals surface area (Å²) in [6.07, 6.45) is 4.48. The molecule has 2 aromatic rings. The second-order valence-electron chi connectivity index (χ2n) is 3.98. The molecule has 96 valence electrons. The first-order valence-electron chi connectivity index (χ1n) is 5.73. The molecule has 4 N–H and O–H groups in total. The van der Waals surface area contributed by atoms with E-state index in [2.05, 4.69) is 20.5 Å². The quantitative estimate of drug-likeness (QED) is 0.573. The van der Waals surface area contributed by atoms with Gasteiger partial charge in [-0.1, -0.05) is 0 Å². The summed E-state index contributed by atoms with van der Waals surface area (Å²) in [5.41, 5.74) is 2.87. The van der Waals surface area contributed by atoms with E-state index in [1.165, 1.54) is 0 Å². The van der Waals surface area contributed by atoms with E-state index in [1.54, 1.807) is 18.6 Å². The Morgan fingerprint density at radius 3 is 3.00 bits per heavy atom. The summed E-state index contributed by atoms with van der Waals surface area (Å²) < 4.78 is 0. The molecule has 18 heavy (non-hydrogen) atoms. The van der Waals surface area contributed by atoms with Crippen molar-refractivity contribution in [2.75, 3.05) is 13.2 Å². The molecule has 0 spiro atoms. The molecule has 0 radical (unpaired) electrons. The van der Waals surface area contributed by atoms with Gasteiger partial charge < -0.3 is 15.5 Å². The van der Waals surface area contributed by atoms with E-state index in [-0.39, 0.29) is 6.61 Å². The molecule has 1 unspecified atom stereocenters. The van der Waals surface area contributed by atoms with Gasteiger partial charge in [0.2, 0.25) is 0 Å². The van der Waals surface area contributed by atoms with Crippen molar-refractivity contribution in [1.82, 2.24) is 20.5 Å². The summed E-state index contributed by atoms with van der Waals surface area (Å²) in [7, 11) is 0. The summed E-state index contributed by atoms with van der Waals surface area (Å²) in [4.78, 5) is 4.06. The van der Waals surface area contributed by atoms with Crippen LogP contribution in [-0.4, -0.2) is 44.7 Å². The zero-order valence-corrected chi connectivity index (χ0v) is 9.87. The van der Waals surface area contributed by atoms with Gasteiger partial charge in [0.05, 0.1) is 24.6 Å². The molecular weight excluding hydrogens is 232 g/mol. The number of aliphatic hydroxyl groups excluding tert-OH is 2. The van der Waals surface area contributed by atoms with Crippen molar-refractivity contribution < 1.29 is 10.2 Å². The summed E-state index contributed by atoms with van der Waals surface area (Å²) in [6.45, 7) is 0.666. The Labute approximate surface area is 105 Å². The Morgan fingerprint density at radius 1 is 1.39 bits per heavy atom. The Kier molecular flexibility index (Phi) is 4.40. The number of pyridine rings is 1. The fraction of sp³-hybridized carbons (Fsp3) is 0.333. The number of aromatic nitrogens is 3. The third kappa shape index (κ3) is 3.13. The highest BCUT2D eigenvalue weighted by Crippen LogP contribution is 2.19. The lowest BCUT2D eigenvalue weighted by Gasteiger charge is -2.08. The van der Waals surface area contributed by atoms with Gasteiger partial charge in [-0.15, -0.1) is 0 Å². The van der Waals surface area contributed by atoms with Crippen molar-refractivity contribution in [3.05, 3.63) is 36.3 Å². The molecule has 0 saturated heterocycles. The lowest BCUT2D eigenvalue weighted by Crippen LogP contribution is -2.28. The standard InChI is InChI=1S/C12H16N4O2/c17-8-11(18)7-14-5-10-6-15-16-12(10)9-2-1-3-13-4-9/h1-4,6,11,14,17-18H,5,7-8H2,(H,15,16). The summed E-state index contributed by atoms with van der Waals surface area (Å²) in [5, 5.41) is 27.9. The Morgan fingerprint density at radius 2 is 2.28 bits per heavy atom. The van der Waals surface area contributed by atoms with Crippen LogP contribution in [0.25, 0.3) is 11.3 Å². The van der Waals surface area contributed by atoms with Crippen molar-refractivity contribution in [2.24, 2.45) is 0 Å². The van der Waals surface area contributed by atoms with Crippen LogP contribution >= 0.6 is 0 Å². The van der Waals surface area contributed by atoms with Gasteiger partial charge in [-0.3, -0.25) is 10.1 Å². The molecule has 0 amide bonds. The van der Waals surface area contributed by atoms with Gasteiger partial charge in [-0.25, -0.2) is 0 Å². The van der Waals surface area contributed by atoms with Gasteiger partial charge in [0, 0.05) is 36.6 Å². The molecule has 2 aromatic heterocycles. The Bertz CT molecular complexity index is 472. The second-order valence-corrected chi connectivity index (χ2v) is 3.98. The zero-order valence-electron chi connectivity index (χ0n) is 9.87. The number of aromatic amines is 1. The smallest absolute Gasteiger partial charge is 0.0895 e. The monoisotopic (exact) mass is 248 g/mol. The molecule has 6 nitrogen and oxygen atoms in total. The highest BCUT2D eigenvalue weighted by Gasteiger charge is 2.08. The predicted octanol–water partition coefficient (Wildman–Crippen LogP) is -0.0855. The molecule has 0 bridgehead atoms. The number of aliphatic hydroxyl groups is 2. The van der Waals surface area contributed by atoms with Gasteiger partial charge in [-0.05, 0) is 12.1 Å². The predicted molar refractivity (Wildman–Crippen MR) is 66.6 cm³/mol. The van der Waals surface area contributed by atoms with Gasteiger partial charge >= 0.3 is 0 Å². The minimum absolute atomic E-state index is 0.242. The van der Waals surface area contributed by atoms with Gasteiger partial charge in [0.25, 0.3) is 0 Å². The van der Waals surface area contributed by atoms with Gasteiger partial charge in [0.15, 0.2) is 0 Å². The Balaban J connectivity index is 2.00. The maximum absolute atomic E-state index is 9.23. The van der Waals surface area contributed by atoms with Crippen LogP contribution in [0.2, 0.25) is 0 Å². The molecule has 0 saturated carbocycles. The van der Waals surface area contributed by atoms with E-state index in [4.69, 9.17) is 5.11 Å². The van der Waals surface area contributed by atoms with E-state index < -0.39 is 6.10 Å². The molecular formula is C12H16N4O2. The molecule has 0 aromatic carbocycles. The third-order valence-electron chi connectivity index (χ3n) is 2.57. The molecule has 2 heterocycles. The van der Waals surface area contributed by atoms with Crippen molar-refractivity contribution >= 4 is 0 Å². The first-order valence-corrected chi connectivity index (χ1v) is 5.73. The normalized spacial score (nSPS) is 12.6. The highest BCUT2D eigenvalue weighted by molar-refractivity contribution is 5.61. The van der Waals surface area contributed by atoms with Crippen LogP contribution in [-0.2, 0) is 6.54 Å². The third-order valence-corrected chi connectivity index (χ3v) is 2.57. The first kappa shape index (κ1) is 12.7. The lowest BCUT2D eigenvalue weighted by molar-refractivity contribution is 0.0942. The average Bonchev–Trinajstić information content (AvgIpc) is 2.88. The fourth-order valence-electron chi connectivity index (χ4n) is 1.64. The van der Waals surface area contributed by atoms with Crippen molar-refractivity contribution in [3.63, 3.8) is 0 Å². The summed E-state index contributed by atoms with van der Waals surface area (Å²) >= 11 is 0. The SMILES string of the molecule is OCC(O)CNCc1cn[nH]c1-c1cccnc1. The van der Waals surface area contributed by atoms with E-state index in [9.17, 15) is 5.11 Å². The molecule has 0 aliphatic heterocycles. The molecule has 0 fully saturated rings.